The Labute approximate surface area is 175 Å². The minimum Gasteiger partial charge on any atom is -0.496 e. The zero-order valence-corrected chi connectivity index (χ0v) is 18.0. The van der Waals surface area contributed by atoms with Gasteiger partial charge in [0.25, 0.3) is 0 Å². The van der Waals surface area contributed by atoms with Gasteiger partial charge in [-0.25, -0.2) is 0 Å². The quantitative estimate of drug-likeness (QED) is 0.478. The first-order chi connectivity index (χ1) is 13.4. The number of halogens is 2. The molecule has 0 aliphatic carbocycles. The summed E-state index contributed by atoms with van der Waals surface area (Å²) in [5.41, 5.74) is 1.66. The van der Waals surface area contributed by atoms with Gasteiger partial charge >= 0.3 is 5.97 Å². The van der Waals surface area contributed by atoms with E-state index in [4.69, 9.17) is 37.4 Å². The van der Waals surface area contributed by atoms with Gasteiger partial charge in [0.2, 0.25) is 0 Å². The second-order valence-electron chi connectivity index (χ2n) is 6.24. The van der Waals surface area contributed by atoms with Crippen molar-refractivity contribution in [1.82, 2.24) is 0 Å². The van der Waals surface area contributed by atoms with Gasteiger partial charge in [0, 0.05) is 11.3 Å². The van der Waals surface area contributed by atoms with Gasteiger partial charge in [0.1, 0.15) is 18.0 Å². The molecule has 7 heteroatoms. The Morgan fingerprint density at radius 2 is 1.82 bits per heavy atom. The van der Waals surface area contributed by atoms with Crippen molar-refractivity contribution >= 4 is 34.9 Å². The number of nitrogens with one attached hydrogen (secondary N) is 1. The first-order valence-corrected chi connectivity index (χ1v) is 9.89. The van der Waals surface area contributed by atoms with Crippen LogP contribution in [0.5, 0.6) is 17.2 Å². The Balaban J connectivity index is 2.21. The molecule has 1 unspecified atom stereocenters. The van der Waals surface area contributed by atoms with Crippen LogP contribution in [-0.2, 0) is 9.53 Å². The Morgan fingerprint density at radius 3 is 2.39 bits per heavy atom. The number of benzene rings is 2. The molecule has 0 heterocycles. The molecular formula is C21H25Cl2NO4. The average Bonchev–Trinajstić information content (AvgIpc) is 2.68. The van der Waals surface area contributed by atoms with Crippen molar-refractivity contribution in [1.29, 1.82) is 0 Å². The molecule has 0 amide bonds. The molecule has 152 valence electrons. The lowest BCUT2D eigenvalue weighted by Crippen LogP contribution is -2.16. The Kier molecular flexibility index (Phi) is 8.27. The van der Waals surface area contributed by atoms with Gasteiger partial charge in [-0.15, -0.1) is 0 Å². The maximum Gasteiger partial charge on any atom is 0.325 e. The van der Waals surface area contributed by atoms with E-state index < -0.39 is 0 Å². The van der Waals surface area contributed by atoms with Crippen molar-refractivity contribution in [3.05, 3.63) is 45.9 Å². The van der Waals surface area contributed by atoms with Crippen molar-refractivity contribution < 1.29 is 19.0 Å². The van der Waals surface area contributed by atoms with Crippen LogP contribution in [0.3, 0.4) is 0 Å². The zero-order chi connectivity index (χ0) is 20.7. The molecule has 2 aromatic carbocycles. The summed E-state index contributed by atoms with van der Waals surface area (Å²) in [4.78, 5) is 11.5. The number of carbonyl (C=O) groups excluding carboxylic acids is 1. The predicted octanol–water partition coefficient (Wildman–Crippen LogP) is 6.28. The molecule has 1 N–H and O–H groups in total. The molecule has 1 atom stereocenters. The third-order valence-corrected chi connectivity index (χ3v) is 4.87. The Hall–Kier alpha value is -2.11. The lowest BCUT2D eigenvalue weighted by Gasteiger charge is -2.17. The minimum absolute atomic E-state index is 0.0252. The molecule has 2 aromatic rings. The van der Waals surface area contributed by atoms with Crippen molar-refractivity contribution in [2.75, 3.05) is 25.6 Å². The largest absolute Gasteiger partial charge is 0.496 e. The molecule has 0 bridgehead atoms. The highest BCUT2D eigenvalue weighted by Crippen LogP contribution is 2.40. The third-order valence-electron chi connectivity index (χ3n) is 4.30. The van der Waals surface area contributed by atoms with Crippen LogP contribution in [0, 0.1) is 0 Å². The molecule has 0 saturated heterocycles. The first-order valence-electron chi connectivity index (χ1n) is 9.13. The smallest absolute Gasteiger partial charge is 0.325 e. The molecule has 0 aromatic heterocycles. The number of anilines is 1. The van der Waals surface area contributed by atoms with Crippen LogP contribution in [0.15, 0.2) is 30.3 Å². The second kappa shape index (κ2) is 10.4. The molecular weight excluding hydrogens is 401 g/mol. The van der Waals surface area contributed by atoms with E-state index in [1.54, 1.807) is 26.2 Å². The van der Waals surface area contributed by atoms with Gasteiger partial charge < -0.3 is 19.5 Å². The van der Waals surface area contributed by atoms with Crippen molar-refractivity contribution in [2.24, 2.45) is 0 Å². The molecule has 0 aliphatic heterocycles. The third kappa shape index (κ3) is 5.69. The number of methoxy groups -OCH3 is 1. The van der Waals surface area contributed by atoms with E-state index in [9.17, 15) is 4.79 Å². The zero-order valence-electron chi connectivity index (χ0n) is 16.5. The van der Waals surface area contributed by atoms with E-state index in [0.717, 1.165) is 17.7 Å². The summed E-state index contributed by atoms with van der Waals surface area (Å²) in [5.74, 6) is 1.75. The van der Waals surface area contributed by atoms with Crippen molar-refractivity contribution in [3.63, 3.8) is 0 Å². The van der Waals surface area contributed by atoms with Crippen molar-refractivity contribution in [3.8, 4) is 17.2 Å². The van der Waals surface area contributed by atoms with E-state index >= 15 is 0 Å². The van der Waals surface area contributed by atoms with Gasteiger partial charge in [-0.05, 0) is 49.6 Å². The number of rotatable bonds is 9. The number of hydrogen-bond acceptors (Lipinski definition) is 5. The number of carbonyl (C=O) groups is 1. The Bertz CT molecular complexity index is 803. The first kappa shape index (κ1) is 22.2. The van der Waals surface area contributed by atoms with Gasteiger partial charge in [-0.1, -0.05) is 37.0 Å². The van der Waals surface area contributed by atoms with Crippen LogP contribution >= 0.6 is 23.2 Å². The fraction of sp³-hybridized carbons (Fsp3) is 0.381. The highest BCUT2D eigenvalue weighted by Gasteiger charge is 2.15. The maximum absolute atomic E-state index is 11.5. The lowest BCUT2D eigenvalue weighted by atomic mass is 9.97. The van der Waals surface area contributed by atoms with E-state index in [2.05, 4.69) is 19.2 Å². The van der Waals surface area contributed by atoms with E-state index in [1.807, 2.05) is 18.2 Å². The fourth-order valence-corrected chi connectivity index (χ4v) is 3.21. The van der Waals surface area contributed by atoms with Gasteiger partial charge in [0.15, 0.2) is 5.75 Å². The summed E-state index contributed by atoms with van der Waals surface area (Å²) in [6.07, 6.45) is 0.974. The van der Waals surface area contributed by atoms with Crippen LogP contribution in [0.4, 0.5) is 5.69 Å². The van der Waals surface area contributed by atoms with Gasteiger partial charge in [-0.3, -0.25) is 4.79 Å². The highest BCUT2D eigenvalue weighted by atomic mass is 35.5. The minimum atomic E-state index is -0.356. The van der Waals surface area contributed by atoms with E-state index in [-0.39, 0.29) is 12.5 Å². The summed E-state index contributed by atoms with van der Waals surface area (Å²) in [7, 11) is 1.65. The predicted molar refractivity (Wildman–Crippen MR) is 113 cm³/mol. The molecule has 0 aliphatic rings. The summed E-state index contributed by atoms with van der Waals surface area (Å²) in [5, 5.41) is 3.60. The highest BCUT2D eigenvalue weighted by molar-refractivity contribution is 6.37. The lowest BCUT2D eigenvalue weighted by molar-refractivity contribution is -0.140. The number of esters is 1. The second-order valence-corrected chi connectivity index (χ2v) is 7.06. The SMILES string of the molecule is CCOC(=O)CNc1cc(Cl)c(Oc2ccc(OC)c(C(C)CC)c2)c(Cl)c1. The number of hydrogen-bond donors (Lipinski definition) is 1. The molecule has 0 radical (unpaired) electrons. The fourth-order valence-electron chi connectivity index (χ4n) is 2.64. The number of ether oxygens (including phenoxy) is 3. The van der Waals surface area contributed by atoms with Crippen LogP contribution in [-0.4, -0.2) is 26.2 Å². The normalized spacial score (nSPS) is 11.6. The molecule has 0 saturated carbocycles. The summed E-state index contributed by atoms with van der Waals surface area (Å²) < 4.78 is 16.3. The topological polar surface area (TPSA) is 56.8 Å². The maximum atomic E-state index is 11.5. The molecule has 0 spiro atoms. The Morgan fingerprint density at radius 1 is 1.14 bits per heavy atom. The van der Waals surface area contributed by atoms with Crippen LogP contribution < -0.4 is 14.8 Å². The van der Waals surface area contributed by atoms with Gasteiger partial charge in [0.05, 0.1) is 23.8 Å². The average molecular weight is 426 g/mol. The van der Waals surface area contributed by atoms with E-state index in [1.165, 1.54) is 0 Å². The van der Waals surface area contributed by atoms with Crippen LogP contribution in [0.2, 0.25) is 10.0 Å². The summed E-state index contributed by atoms with van der Waals surface area (Å²) in [6, 6.07) is 8.92. The van der Waals surface area contributed by atoms with Gasteiger partial charge in [-0.2, -0.15) is 0 Å². The standard InChI is InChI=1S/C21H25Cl2NO4/c1-5-13(3)16-11-15(7-8-19(16)26-4)28-21-17(22)9-14(10-18(21)23)24-12-20(25)27-6-2/h7-11,13,24H,5-6,12H2,1-4H3. The van der Waals surface area contributed by atoms with Crippen LogP contribution in [0.25, 0.3) is 0 Å². The molecule has 5 nitrogen and oxygen atoms in total. The van der Waals surface area contributed by atoms with Crippen molar-refractivity contribution in [2.45, 2.75) is 33.1 Å². The monoisotopic (exact) mass is 425 g/mol. The molecule has 28 heavy (non-hydrogen) atoms. The summed E-state index contributed by atoms with van der Waals surface area (Å²) >= 11 is 12.7. The van der Waals surface area contributed by atoms with Crippen LogP contribution in [0.1, 0.15) is 38.7 Å². The molecule has 0 fully saturated rings. The summed E-state index contributed by atoms with van der Waals surface area (Å²) in [6.45, 7) is 6.36. The molecule has 2 rings (SSSR count). The van der Waals surface area contributed by atoms with E-state index in [0.29, 0.717) is 39.8 Å².